The smallest absolute Gasteiger partial charge is 0.416 e. The SMILES string of the molecule is FC(F)c1ncnc(NCCc2ccc(Oc3ccc(C(F)(F)F)cc3)cc2)c1Cl. The molecule has 3 rings (SSSR count). The molecule has 30 heavy (non-hydrogen) atoms. The number of halogens is 6. The van der Waals surface area contributed by atoms with E-state index in [1.165, 1.54) is 12.1 Å². The third-order valence-corrected chi connectivity index (χ3v) is 4.44. The molecular formula is C20H15ClF5N3O. The van der Waals surface area contributed by atoms with E-state index in [0.717, 1.165) is 24.0 Å². The van der Waals surface area contributed by atoms with Crippen molar-refractivity contribution in [1.82, 2.24) is 9.97 Å². The molecule has 158 valence electrons. The van der Waals surface area contributed by atoms with E-state index in [1.807, 2.05) is 0 Å². The molecule has 2 aromatic carbocycles. The number of nitrogens with one attached hydrogen (secondary N) is 1. The van der Waals surface area contributed by atoms with Gasteiger partial charge in [-0.05, 0) is 48.4 Å². The van der Waals surface area contributed by atoms with Gasteiger partial charge >= 0.3 is 6.18 Å². The fourth-order valence-corrected chi connectivity index (χ4v) is 2.80. The maximum Gasteiger partial charge on any atom is 0.416 e. The maximum absolute atomic E-state index is 12.8. The molecule has 0 unspecified atom stereocenters. The molecule has 0 amide bonds. The summed E-state index contributed by atoms with van der Waals surface area (Å²) in [4.78, 5) is 7.32. The lowest BCUT2D eigenvalue weighted by Gasteiger charge is -2.11. The van der Waals surface area contributed by atoms with E-state index in [1.54, 1.807) is 24.3 Å². The summed E-state index contributed by atoms with van der Waals surface area (Å²) in [5, 5.41) is 2.67. The van der Waals surface area contributed by atoms with Gasteiger partial charge in [0.1, 0.15) is 34.4 Å². The van der Waals surface area contributed by atoms with Gasteiger partial charge in [0, 0.05) is 6.54 Å². The molecule has 0 fully saturated rings. The molecule has 3 aromatic rings. The number of aromatic nitrogens is 2. The van der Waals surface area contributed by atoms with Crippen LogP contribution in [0.15, 0.2) is 54.9 Å². The molecule has 0 aliphatic heterocycles. The molecule has 0 spiro atoms. The summed E-state index contributed by atoms with van der Waals surface area (Å²) in [6.45, 7) is 0.387. The summed E-state index contributed by atoms with van der Waals surface area (Å²) in [7, 11) is 0. The van der Waals surface area contributed by atoms with E-state index in [4.69, 9.17) is 16.3 Å². The molecule has 1 N–H and O–H groups in total. The number of hydrogen-bond acceptors (Lipinski definition) is 4. The van der Waals surface area contributed by atoms with Crippen molar-refractivity contribution in [1.29, 1.82) is 0 Å². The second-order valence-corrected chi connectivity index (χ2v) is 6.55. The lowest BCUT2D eigenvalue weighted by Crippen LogP contribution is -2.08. The highest BCUT2D eigenvalue weighted by Gasteiger charge is 2.30. The minimum absolute atomic E-state index is 0.129. The van der Waals surface area contributed by atoms with Crippen LogP contribution < -0.4 is 10.1 Å². The zero-order valence-corrected chi connectivity index (χ0v) is 16.0. The Bertz CT molecular complexity index is 979. The van der Waals surface area contributed by atoms with Gasteiger partial charge in [0.2, 0.25) is 0 Å². The second kappa shape index (κ2) is 9.25. The molecule has 0 saturated heterocycles. The van der Waals surface area contributed by atoms with Crippen molar-refractivity contribution in [3.8, 4) is 11.5 Å². The van der Waals surface area contributed by atoms with Gasteiger partial charge in [0.15, 0.2) is 0 Å². The van der Waals surface area contributed by atoms with E-state index in [-0.39, 0.29) is 16.6 Å². The van der Waals surface area contributed by atoms with E-state index >= 15 is 0 Å². The zero-order valence-electron chi connectivity index (χ0n) is 15.3. The maximum atomic E-state index is 12.8. The van der Waals surface area contributed by atoms with Crippen LogP contribution in [0.4, 0.5) is 27.8 Å². The van der Waals surface area contributed by atoms with Crippen molar-refractivity contribution in [3.05, 3.63) is 76.7 Å². The van der Waals surface area contributed by atoms with Gasteiger partial charge in [-0.3, -0.25) is 0 Å². The third kappa shape index (κ3) is 5.56. The Labute approximate surface area is 173 Å². The monoisotopic (exact) mass is 443 g/mol. The average Bonchev–Trinajstić information content (AvgIpc) is 2.70. The van der Waals surface area contributed by atoms with Crippen molar-refractivity contribution in [2.45, 2.75) is 19.0 Å². The first-order valence-corrected chi connectivity index (χ1v) is 9.08. The molecular weight excluding hydrogens is 429 g/mol. The first-order valence-electron chi connectivity index (χ1n) is 8.70. The summed E-state index contributed by atoms with van der Waals surface area (Å²) < 4.78 is 68.9. The standard InChI is InChI=1S/C20H15ClF5N3O/c21-16-17(18(22)23)28-11-29-19(16)27-10-9-12-1-5-14(6-2-12)30-15-7-3-13(4-8-15)20(24,25)26/h1-8,11,18H,9-10H2,(H,27,28,29). The van der Waals surface area contributed by atoms with Crippen molar-refractivity contribution in [3.63, 3.8) is 0 Å². The first kappa shape index (κ1) is 21.8. The molecule has 0 saturated carbocycles. The van der Waals surface area contributed by atoms with Gasteiger partial charge in [-0.1, -0.05) is 23.7 Å². The fraction of sp³-hybridized carbons (Fsp3) is 0.200. The lowest BCUT2D eigenvalue weighted by atomic mass is 10.1. The Morgan fingerprint density at radius 2 is 1.53 bits per heavy atom. The molecule has 0 radical (unpaired) electrons. The van der Waals surface area contributed by atoms with Crippen molar-refractivity contribution < 1.29 is 26.7 Å². The number of hydrogen-bond donors (Lipinski definition) is 1. The van der Waals surface area contributed by atoms with Gasteiger partial charge in [-0.15, -0.1) is 0 Å². The van der Waals surface area contributed by atoms with Crippen LogP contribution in [0.3, 0.4) is 0 Å². The van der Waals surface area contributed by atoms with E-state index < -0.39 is 23.9 Å². The lowest BCUT2D eigenvalue weighted by molar-refractivity contribution is -0.137. The molecule has 0 atom stereocenters. The van der Waals surface area contributed by atoms with Crippen LogP contribution >= 0.6 is 11.6 Å². The third-order valence-electron chi connectivity index (χ3n) is 4.07. The van der Waals surface area contributed by atoms with Crippen LogP contribution in [-0.4, -0.2) is 16.5 Å². The van der Waals surface area contributed by atoms with Crippen LogP contribution in [0.5, 0.6) is 11.5 Å². The Morgan fingerprint density at radius 1 is 0.933 bits per heavy atom. The van der Waals surface area contributed by atoms with E-state index in [0.29, 0.717) is 18.7 Å². The largest absolute Gasteiger partial charge is 0.457 e. The van der Waals surface area contributed by atoms with E-state index in [9.17, 15) is 22.0 Å². The molecule has 4 nitrogen and oxygen atoms in total. The summed E-state index contributed by atoms with van der Waals surface area (Å²) in [6.07, 6.45) is -5.63. The fourth-order valence-electron chi connectivity index (χ4n) is 2.56. The van der Waals surface area contributed by atoms with Gasteiger partial charge in [0.05, 0.1) is 5.56 Å². The van der Waals surface area contributed by atoms with Gasteiger partial charge in [0.25, 0.3) is 6.43 Å². The van der Waals surface area contributed by atoms with Crippen LogP contribution in [0, 0.1) is 0 Å². The summed E-state index contributed by atoms with van der Waals surface area (Å²) >= 11 is 5.87. The Morgan fingerprint density at radius 3 is 2.10 bits per heavy atom. The molecule has 0 aliphatic rings. The molecule has 0 aliphatic carbocycles. The van der Waals surface area contributed by atoms with Crippen LogP contribution in [-0.2, 0) is 12.6 Å². The van der Waals surface area contributed by atoms with Crippen molar-refractivity contribution >= 4 is 17.4 Å². The second-order valence-electron chi connectivity index (χ2n) is 6.17. The van der Waals surface area contributed by atoms with Crippen molar-refractivity contribution in [2.75, 3.05) is 11.9 Å². The summed E-state index contributed by atoms with van der Waals surface area (Å²) in [5.74, 6) is 0.877. The molecule has 10 heteroatoms. The van der Waals surface area contributed by atoms with Gasteiger partial charge < -0.3 is 10.1 Å². The van der Waals surface area contributed by atoms with Crippen LogP contribution in [0.2, 0.25) is 5.02 Å². The normalized spacial score (nSPS) is 11.6. The van der Waals surface area contributed by atoms with E-state index in [2.05, 4.69) is 15.3 Å². The highest BCUT2D eigenvalue weighted by Crippen LogP contribution is 2.32. The van der Waals surface area contributed by atoms with Crippen LogP contribution in [0.1, 0.15) is 23.2 Å². The number of ether oxygens (including phenoxy) is 1. The Kier molecular flexibility index (Phi) is 6.71. The Balaban J connectivity index is 1.54. The Hall–Kier alpha value is -2.94. The number of nitrogens with zero attached hydrogens (tertiary/aromatic N) is 2. The highest BCUT2D eigenvalue weighted by molar-refractivity contribution is 6.33. The molecule has 1 heterocycles. The van der Waals surface area contributed by atoms with Gasteiger partial charge in [-0.25, -0.2) is 18.7 Å². The number of benzene rings is 2. The minimum atomic E-state index is -4.40. The quantitative estimate of drug-likeness (QED) is 0.421. The van der Waals surface area contributed by atoms with Crippen molar-refractivity contribution in [2.24, 2.45) is 0 Å². The number of anilines is 1. The molecule has 0 bridgehead atoms. The first-order chi connectivity index (χ1) is 14.2. The van der Waals surface area contributed by atoms with Crippen LogP contribution in [0.25, 0.3) is 0 Å². The number of alkyl halides is 5. The summed E-state index contributed by atoms with van der Waals surface area (Å²) in [5.41, 5.74) is -0.359. The summed E-state index contributed by atoms with van der Waals surface area (Å²) in [6, 6.07) is 11.3. The van der Waals surface area contributed by atoms with Gasteiger partial charge in [-0.2, -0.15) is 13.2 Å². The number of rotatable bonds is 7. The highest BCUT2D eigenvalue weighted by atomic mass is 35.5. The average molecular weight is 444 g/mol. The topological polar surface area (TPSA) is 47.0 Å². The predicted molar refractivity (Wildman–Crippen MR) is 102 cm³/mol. The molecule has 1 aromatic heterocycles. The minimum Gasteiger partial charge on any atom is -0.457 e. The predicted octanol–water partition coefficient (Wildman–Crippen LogP) is 6.53. The zero-order chi connectivity index (χ0) is 21.7.